The van der Waals surface area contributed by atoms with Crippen LogP contribution in [0.2, 0.25) is 5.02 Å². The molecular formula is C17H16ClFN2O2. The van der Waals surface area contributed by atoms with Gasteiger partial charge in [0.2, 0.25) is 0 Å². The van der Waals surface area contributed by atoms with Gasteiger partial charge in [-0.15, -0.1) is 0 Å². The lowest BCUT2D eigenvalue weighted by atomic mass is 10.1. The minimum atomic E-state index is -0.431. The third kappa shape index (κ3) is 3.29. The Balaban J connectivity index is 1.91. The fraction of sp³-hybridized carbons (Fsp3) is 0.294. The smallest absolute Gasteiger partial charge is 0.254 e. The van der Waals surface area contributed by atoms with E-state index in [1.54, 1.807) is 30.3 Å². The molecule has 2 aromatic rings. The number of halogens is 2. The second-order valence-electron chi connectivity index (χ2n) is 5.73. The standard InChI is InChI=1S/C17H16ClFN2O2/c1-20-8-7-11(9-16(20)22)17(23)21(12-5-6-12)10-13-14(18)3-2-4-15(13)19/h2-4,7-9,12H,5-6,10H2,1H3. The van der Waals surface area contributed by atoms with Crippen LogP contribution in [0.15, 0.2) is 41.3 Å². The molecule has 1 fully saturated rings. The molecule has 1 heterocycles. The lowest BCUT2D eigenvalue weighted by Gasteiger charge is -2.23. The average Bonchev–Trinajstić information content (AvgIpc) is 3.34. The topological polar surface area (TPSA) is 42.3 Å². The largest absolute Gasteiger partial charge is 0.331 e. The van der Waals surface area contributed by atoms with Crippen molar-refractivity contribution in [2.75, 3.05) is 0 Å². The molecule has 1 aliphatic carbocycles. The van der Waals surface area contributed by atoms with Crippen molar-refractivity contribution in [3.8, 4) is 0 Å². The molecule has 0 unspecified atom stereocenters. The lowest BCUT2D eigenvalue weighted by molar-refractivity contribution is 0.0728. The lowest BCUT2D eigenvalue weighted by Crippen LogP contribution is -2.34. The number of carbonyl (C=O) groups is 1. The van der Waals surface area contributed by atoms with Gasteiger partial charge < -0.3 is 9.47 Å². The van der Waals surface area contributed by atoms with E-state index in [1.165, 1.54) is 22.8 Å². The zero-order valence-corrected chi connectivity index (χ0v) is 13.4. The summed E-state index contributed by atoms with van der Waals surface area (Å²) in [4.78, 5) is 26.1. The summed E-state index contributed by atoms with van der Waals surface area (Å²) in [5.41, 5.74) is 0.362. The summed E-state index contributed by atoms with van der Waals surface area (Å²) in [6, 6.07) is 7.44. The molecule has 23 heavy (non-hydrogen) atoms. The van der Waals surface area contributed by atoms with Crippen LogP contribution in [0.5, 0.6) is 0 Å². The molecule has 0 radical (unpaired) electrons. The minimum Gasteiger partial charge on any atom is -0.331 e. The van der Waals surface area contributed by atoms with E-state index < -0.39 is 5.82 Å². The highest BCUT2D eigenvalue weighted by atomic mass is 35.5. The van der Waals surface area contributed by atoms with Crippen molar-refractivity contribution in [3.63, 3.8) is 0 Å². The van der Waals surface area contributed by atoms with Crippen molar-refractivity contribution in [2.45, 2.75) is 25.4 Å². The number of pyridine rings is 1. The fourth-order valence-corrected chi connectivity index (χ4v) is 2.68. The fourth-order valence-electron chi connectivity index (χ4n) is 2.45. The Morgan fingerprint density at radius 2 is 2.13 bits per heavy atom. The summed E-state index contributed by atoms with van der Waals surface area (Å²) >= 11 is 6.06. The average molecular weight is 335 g/mol. The van der Waals surface area contributed by atoms with Crippen LogP contribution in [0.25, 0.3) is 0 Å². The van der Waals surface area contributed by atoms with Crippen molar-refractivity contribution >= 4 is 17.5 Å². The van der Waals surface area contributed by atoms with E-state index in [0.717, 1.165) is 12.8 Å². The first-order chi connectivity index (χ1) is 11.0. The van der Waals surface area contributed by atoms with Gasteiger partial charge in [-0.3, -0.25) is 9.59 Å². The van der Waals surface area contributed by atoms with Gasteiger partial charge in [0, 0.05) is 41.5 Å². The number of hydrogen-bond donors (Lipinski definition) is 0. The first kappa shape index (κ1) is 15.7. The number of aryl methyl sites for hydroxylation is 1. The molecule has 3 rings (SSSR count). The van der Waals surface area contributed by atoms with Crippen molar-refractivity contribution in [2.24, 2.45) is 7.05 Å². The van der Waals surface area contributed by atoms with Crippen molar-refractivity contribution < 1.29 is 9.18 Å². The predicted molar refractivity (Wildman–Crippen MR) is 86.0 cm³/mol. The van der Waals surface area contributed by atoms with Gasteiger partial charge >= 0.3 is 0 Å². The molecule has 1 aromatic carbocycles. The third-order valence-corrected chi connectivity index (χ3v) is 4.34. The van der Waals surface area contributed by atoms with E-state index in [2.05, 4.69) is 0 Å². The van der Waals surface area contributed by atoms with Crippen LogP contribution in [-0.4, -0.2) is 21.4 Å². The SMILES string of the molecule is Cn1ccc(C(=O)N(Cc2c(F)cccc2Cl)C2CC2)cc1=O. The highest BCUT2D eigenvalue weighted by Crippen LogP contribution is 2.31. The van der Waals surface area contributed by atoms with Gasteiger partial charge in [-0.1, -0.05) is 17.7 Å². The van der Waals surface area contributed by atoms with E-state index in [0.29, 0.717) is 16.1 Å². The zero-order chi connectivity index (χ0) is 16.6. The molecule has 0 atom stereocenters. The maximum Gasteiger partial charge on any atom is 0.254 e. The second-order valence-corrected chi connectivity index (χ2v) is 6.14. The van der Waals surface area contributed by atoms with E-state index >= 15 is 0 Å². The number of hydrogen-bond acceptors (Lipinski definition) is 2. The Bertz CT molecular complexity index is 794. The molecule has 0 aliphatic heterocycles. The Morgan fingerprint density at radius 1 is 1.39 bits per heavy atom. The monoisotopic (exact) mass is 334 g/mol. The quantitative estimate of drug-likeness (QED) is 0.862. The Hall–Kier alpha value is -2.14. The summed E-state index contributed by atoms with van der Waals surface area (Å²) in [5, 5.41) is 0.299. The first-order valence-corrected chi connectivity index (χ1v) is 7.75. The van der Waals surface area contributed by atoms with E-state index in [-0.39, 0.29) is 24.1 Å². The maximum absolute atomic E-state index is 14.0. The van der Waals surface area contributed by atoms with Gasteiger partial charge in [0.25, 0.3) is 11.5 Å². The molecule has 120 valence electrons. The molecule has 0 bridgehead atoms. The van der Waals surface area contributed by atoms with Gasteiger partial charge in [0.05, 0.1) is 6.54 Å². The number of nitrogens with zero attached hydrogens (tertiary/aromatic N) is 2. The first-order valence-electron chi connectivity index (χ1n) is 7.38. The Labute approximate surface area is 138 Å². The maximum atomic E-state index is 14.0. The summed E-state index contributed by atoms with van der Waals surface area (Å²) in [7, 11) is 1.62. The van der Waals surface area contributed by atoms with Crippen molar-refractivity contribution in [1.82, 2.24) is 9.47 Å². The molecule has 0 spiro atoms. The molecule has 1 aromatic heterocycles. The Kier molecular flexibility index (Phi) is 4.22. The van der Waals surface area contributed by atoms with Gasteiger partial charge in [0.1, 0.15) is 5.82 Å². The molecule has 1 amide bonds. The van der Waals surface area contributed by atoms with Gasteiger partial charge in [-0.25, -0.2) is 4.39 Å². The number of rotatable bonds is 4. The molecular weight excluding hydrogens is 319 g/mol. The van der Waals surface area contributed by atoms with Crippen LogP contribution in [0, 0.1) is 5.82 Å². The van der Waals surface area contributed by atoms with Gasteiger partial charge in [0.15, 0.2) is 0 Å². The molecule has 6 heteroatoms. The zero-order valence-electron chi connectivity index (χ0n) is 12.6. The highest BCUT2D eigenvalue weighted by molar-refractivity contribution is 6.31. The van der Waals surface area contributed by atoms with E-state index in [9.17, 15) is 14.0 Å². The van der Waals surface area contributed by atoms with Crippen LogP contribution in [0.3, 0.4) is 0 Å². The van der Waals surface area contributed by atoms with Gasteiger partial charge in [-0.2, -0.15) is 0 Å². The van der Waals surface area contributed by atoms with Crippen molar-refractivity contribution in [3.05, 3.63) is 68.8 Å². The molecule has 0 N–H and O–H groups in total. The molecule has 0 saturated heterocycles. The highest BCUT2D eigenvalue weighted by Gasteiger charge is 2.34. The third-order valence-electron chi connectivity index (χ3n) is 3.99. The normalized spacial score (nSPS) is 13.9. The number of benzene rings is 1. The van der Waals surface area contributed by atoms with Crippen LogP contribution >= 0.6 is 11.6 Å². The summed E-state index contributed by atoms with van der Waals surface area (Å²) in [5.74, 6) is -0.704. The van der Waals surface area contributed by atoms with Crippen LogP contribution in [0.4, 0.5) is 4.39 Å². The Morgan fingerprint density at radius 3 is 2.74 bits per heavy atom. The van der Waals surface area contributed by atoms with Crippen LogP contribution in [0.1, 0.15) is 28.8 Å². The number of aromatic nitrogens is 1. The summed E-state index contributed by atoms with van der Waals surface area (Å²) in [6.07, 6.45) is 3.31. The van der Waals surface area contributed by atoms with Crippen LogP contribution < -0.4 is 5.56 Å². The predicted octanol–water partition coefficient (Wildman–Crippen LogP) is 2.98. The molecule has 1 aliphatic rings. The summed E-state index contributed by atoms with van der Waals surface area (Å²) < 4.78 is 15.4. The van der Waals surface area contributed by atoms with Gasteiger partial charge in [-0.05, 0) is 31.0 Å². The number of amides is 1. The van der Waals surface area contributed by atoms with E-state index in [4.69, 9.17) is 11.6 Å². The van der Waals surface area contributed by atoms with Crippen LogP contribution in [-0.2, 0) is 13.6 Å². The summed E-state index contributed by atoms with van der Waals surface area (Å²) in [6.45, 7) is 0.101. The molecule has 4 nitrogen and oxygen atoms in total. The number of carbonyl (C=O) groups excluding carboxylic acids is 1. The van der Waals surface area contributed by atoms with E-state index in [1.807, 2.05) is 0 Å². The minimum absolute atomic E-state index is 0.0715. The van der Waals surface area contributed by atoms with Crippen molar-refractivity contribution in [1.29, 1.82) is 0 Å². The molecule has 1 saturated carbocycles. The second kappa shape index (κ2) is 6.16.